The van der Waals surface area contributed by atoms with Crippen molar-refractivity contribution in [2.75, 3.05) is 0 Å². The molecule has 0 heterocycles. The maximum atomic E-state index is 11.2. The van der Waals surface area contributed by atoms with Crippen molar-refractivity contribution >= 4 is 5.97 Å². The van der Waals surface area contributed by atoms with Crippen molar-refractivity contribution in [3.63, 3.8) is 0 Å². The summed E-state index contributed by atoms with van der Waals surface area (Å²) in [5.74, 6) is 4.75. The van der Waals surface area contributed by atoms with Crippen molar-refractivity contribution in [2.24, 2.45) is 5.41 Å². The van der Waals surface area contributed by atoms with Gasteiger partial charge in [-0.3, -0.25) is 0 Å². The quantitative estimate of drug-likeness (QED) is 0.853. The molecule has 0 radical (unpaired) electrons. The fourth-order valence-electron chi connectivity index (χ4n) is 2.69. The molecule has 0 aliphatic heterocycles. The highest BCUT2D eigenvalue weighted by Gasteiger charge is 2.60. The van der Waals surface area contributed by atoms with Gasteiger partial charge < -0.3 is 10.2 Å². The summed E-state index contributed by atoms with van der Waals surface area (Å²) in [6, 6.07) is 17.3. The fourth-order valence-corrected chi connectivity index (χ4v) is 2.69. The van der Waals surface area contributed by atoms with Crippen LogP contribution in [0.5, 0.6) is 0 Å². The summed E-state index contributed by atoms with van der Waals surface area (Å²) in [6.45, 7) is 0. The van der Waals surface area contributed by atoms with E-state index >= 15 is 0 Å². The summed E-state index contributed by atoms with van der Waals surface area (Å²) in [5, 5.41) is 29.6. The highest BCUT2D eigenvalue weighted by atomic mass is 16.4. The van der Waals surface area contributed by atoms with Gasteiger partial charge in [-0.1, -0.05) is 42.2 Å². The molecule has 1 atom stereocenters. The van der Waals surface area contributed by atoms with Crippen molar-refractivity contribution in [1.29, 1.82) is 5.26 Å². The van der Waals surface area contributed by atoms with Crippen LogP contribution in [0.25, 0.3) is 0 Å². The van der Waals surface area contributed by atoms with Crippen LogP contribution in [0.4, 0.5) is 0 Å². The molecule has 0 amide bonds. The van der Waals surface area contributed by atoms with E-state index < -0.39 is 17.0 Å². The molecule has 1 fully saturated rings. The molecule has 118 valence electrons. The third-order valence-electron chi connectivity index (χ3n) is 4.37. The van der Waals surface area contributed by atoms with Crippen LogP contribution in [0, 0.1) is 28.6 Å². The smallest absolute Gasteiger partial charge is 0.335 e. The van der Waals surface area contributed by atoms with E-state index in [0.717, 1.165) is 0 Å². The molecular weight excluding hydrogens is 302 g/mol. The van der Waals surface area contributed by atoms with Crippen LogP contribution in [0.2, 0.25) is 0 Å². The lowest BCUT2D eigenvalue weighted by atomic mass is 9.79. The minimum Gasteiger partial charge on any atom is -0.478 e. The second kappa shape index (κ2) is 5.85. The molecule has 3 rings (SSSR count). The Morgan fingerprint density at radius 3 is 2.21 bits per heavy atom. The number of nitrogens with zero attached hydrogens (tertiary/aromatic N) is 1. The lowest BCUT2D eigenvalue weighted by Crippen LogP contribution is -2.34. The molecule has 4 heteroatoms. The predicted octanol–water partition coefficient (Wildman–Crippen LogP) is 2.93. The molecule has 2 aromatic rings. The number of carboxylic acid groups (broad SMARTS) is 1. The third-order valence-corrected chi connectivity index (χ3v) is 4.37. The van der Waals surface area contributed by atoms with Gasteiger partial charge in [0, 0.05) is 5.56 Å². The highest BCUT2D eigenvalue weighted by molar-refractivity contribution is 5.87. The summed E-state index contributed by atoms with van der Waals surface area (Å²) < 4.78 is 0. The summed E-state index contributed by atoms with van der Waals surface area (Å²) in [5.41, 5.74) is -1.08. The number of aliphatic hydroxyl groups is 1. The minimum absolute atomic E-state index is 0.176. The van der Waals surface area contributed by atoms with Crippen molar-refractivity contribution in [3.8, 4) is 17.9 Å². The van der Waals surface area contributed by atoms with E-state index in [0.29, 0.717) is 24.0 Å². The van der Waals surface area contributed by atoms with Gasteiger partial charge in [0.15, 0.2) is 5.60 Å². The van der Waals surface area contributed by atoms with Gasteiger partial charge in [-0.15, -0.1) is 0 Å². The molecule has 1 aliphatic rings. The number of aromatic carboxylic acids is 1. The van der Waals surface area contributed by atoms with Crippen molar-refractivity contribution in [3.05, 3.63) is 71.3 Å². The molecule has 1 aliphatic carbocycles. The second-order valence-corrected chi connectivity index (χ2v) is 5.90. The van der Waals surface area contributed by atoms with Crippen molar-refractivity contribution < 1.29 is 15.0 Å². The third kappa shape index (κ3) is 2.65. The van der Waals surface area contributed by atoms with Crippen LogP contribution in [-0.2, 0) is 5.60 Å². The van der Waals surface area contributed by atoms with E-state index in [1.807, 2.05) is 6.07 Å². The second-order valence-electron chi connectivity index (χ2n) is 5.90. The van der Waals surface area contributed by atoms with E-state index in [9.17, 15) is 15.2 Å². The lowest BCUT2D eigenvalue weighted by molar-refractivity contribution is 0.0456. The van der Waals surface area contributed by atoms with E-state index in [-0.39, 0.29) is 5.56 Å². The Morgan fingerprint density at radius 2 is 1.71 bits per heavy atom. The summed E-state index contributed by atoms with van der Waals surface area (Å²) >= 11 is 0. The van der Waals surface area contributed by atoms with Crippen LogP contribution in [0.15, 0.2) is 54.6 Å². The first-order valence-electron chi connectivity index (χ1n) is 7.56. The van der Waals surface area contributed by atoms with Crippen molar-refractivity contribution in [2.45, 2.75) is 18.4 Å². The monoisotopic (exact) mass is 317 g/mol. The van der Waals surface area contributed by atoms with E-state index in [1.165, 1.54) is 12.1 Å². The molecule has 24 heavy (non-hydrogen) atoms. The maximum Gasteiger partial charge on any atom is 0.335 e. The first-order chi connectivity index (χ1) is 11.5. The van der Waals surface area contributed by atoms with Crippen LogP contribution >= 0.6 is 0 Å². The van der Waals surface area contributed by atoms with Gasteiger partial charge in [0.2, 0.25) is 0 Å². The number of hydrogen-bond acceptors (Lipinski definition) is 3. The topological polar surface area (TPSA) is 81.3 Å². The molecule has 2 aromatic carbocycles. The lowest BCUT2D eigenvalue weighted by Gasteiger charge is -2.27. The Bertz CT molecular complexity index is 865. The van der Waals surface area contributed by atoms with Crippen LogP contribution in [-0.4, -0.2) is 16.2 Å². The predicted molar refractivity (Wildman–Crippen MR) is 87.9 cm³/mol. The largest absolute Gasteiger partial charge is 0.478 e. The Hall–Kier alpha value is -3.08. The Morgan fingerprint density at radius 1 is 1.08 bits per heavy atom. The minimum atomic E-state index is -1.55. The van der Waals surface area contributed by atoms with Gasteiger partial charge in [-0.05, 0) is 42.7 Å². The Labute approximate surface area is 140 Å². The average Bonchev–Trinajstić information content (AvgIpc) is 3.42. The zero-order valence-corrected chi connectivity index (χ0v) is 12.9. The van der Waals surface area contributed by atoms with Crippen LogP contribution in [0.3, 0.4) is 0 Å². The van der Waals surface area contributed by atoms with Gasteiger partial charge >= 0.3 is 5.97 Å². The zero-order chi connectivity index (χ0) is 17.2. The van der Waals surface area contributed by atoms with Crippen LogP contribution < -0.4 is 0 Å². The number of hydrogen-bond donors (Lipinski definition) is 2. The van der Waals surface area contributed by atoms with Gasteiger partial charge in [0.25, 0.3) is 0 Å². The van der Waals surface area contributed by atoms with Crippen molar-refractivity contribution in [1.82, 2.24) is 0 Å². The van der Waals surface area contributed by atoms with Gasteiger partial charge in [-0.2, -0.15) is 5.26 Å². The van der Waals surface area contributed by atoms with Gasteiger partial charge in [-0.25, -0.2) is 4.79 Å². The zero-order valence-electron chi connectivity index (χ0n) is 12.9. The first kappa shape index (κ1) is 15.8. The summed E-state index contributed by atoms with van der Waals surface area (Å²) in [7, 11) is 0. The highest BCUT2D eigenvalue weighted by Crippen LogP contribution is 2.57. The number of benzene rings is 2. The van der Waals surface area contributed by atoms with Crippen LogP contribution in [0.1, 0.15) is 34.3 Å². The number of nitriles is 1. The van der Waals surface area contributed by atoms with E-state index in [1.54, 1.807) is 36.4 Å². The number of carbonyl (C=O) groups is 1. The molecule has 2 N–H and O–H groups in total. The SMILES string of the molecule is N#CC1([C@](O)(C#Cc2ccc(C(=O)O)cc2)c2ccccc2)CC1. The van der Waals surface area contributed by atoms with E-state index in [2.05, 4.69) is 17.9 Å². The number of carboxylic acids is 1. The normalized spacial score (nSPS) is 16.8. The number of rotatable bonds is 3. The summed E-state index contributed by atoms with van der Waals surface area (Å²) in [4.78, 5) is 10.9. The van der Waals surface area contributed by atoms with Gasteiger partial charge in [0.1, 0.15) is 5.41 Å². The molecule has 0 saturated heterocycles. The van der Waals surface area contributed by atoms with E-state index in [4.69, 9.17) is 5.11 Å². The molecule has 0 unspecified atom stereocenters. The average molecular weight is 317 g/mol. The fraction of sp³-hybridized carbons (Fsp3) is 0.200. The molecule has 0 aromatic heterocycles. The molecular formula is C20H15NO3. The Kier molecular flexibility index (Phi) is 3.85. The molecule has 1 saturated carbocycles. The molecule has 0 bridgehead atoms. The Balaban J connectivity index is 2.01. The van der Waals surface area contributed by atoms with Gasteiger partial charge in [0.05, 0.1) is 11.6 Å². The first-order valence-corrected chi connectivity index (χ1v) is 7.56. The standard InChI is InChI=1S/C20H15NO3/c21-14-19(12-13-19)20(24,17-4-2-1-3-5-17)11-10-15-6-8-16(9-7-15)18(22)23/h1-9,24H,12-13H2,(H,22,23)/t20-/m0/s1. The molecule has 0 spiro atoms. The maximum absolute atomic E-state index is 11.2. The molecule has 4 nitrogen and oxygen atoms in total. The summed E-state index contributed by atoms with van der Waals surface area (Å²) in [6.07, 6.45) is 1.20.